The molecule has 0 spiro atoms. The molecule has 228 valence electrons. The third-order valence-electron chi connectivity index (χ3n) is 6.94. The van der Waals surface area contributed by atoms with Crippen molar-refractivity contribution < 1.29 is 38.2 Å². The average molecular weight is 631 g/mol. The molecular weight excluding hydrogens is 598 g/mol. The van der Waals surface area contributed by atoms with Crippen molar-refractivity contribution in [2.45, 2.75) is 30.5 Å². The van der Waals surface area contributed by atoms with Gasteiger partial charge in [-0.3, -0.25) is 14.5 Å². The number of aromatic nitrogens is 2. The van der Waals surface area contributed by atoms with Crippen LogP contribution < -0.4 is 15.8 Å². The van der Waals surface area contributed by atoms with Gasteiger partial charge in [-0.15, -0.1) is 11.8 Å². The summed E-state index contributed by atoms with van der Waals surface area (Å²) in [5.41, 5.74) is 6.95. The number of rotatable bonds is 10. The highest BCUT2D eigenvalue weighted by molar-refractivity contribution is 8.00. The van der Waals surface area contributed by atoms with Gasteiger partial charge >= 0.3 is 5.97 Å². The molecule has 0 saturated carbocycles. The molecule has 0 bridgehead atoms. The summed E-state index contributed by atoms with van der Waals surface area (Å²) in [7, 11) is 6.80. The summed E-state index contributed by atoms with van der Waals surface area (Å²) in [6, 6.07) is 6.20. The number of nitrogens with zero attached hydrogens (tertiary/aromatic N) is 5. The molecule has 2 saturated heterocycles. The summed E-state index contributed by atoms with van der Waals surface area (Å²) in [5, 5.41) is 6.01. The van der Waals surface area contributed by atoms with Crippen LogP contribution in [0.4, 0.5) is 5.13 Å². The molecule has 3 aliphatic heterocycles. The van der Waals surface area contributed by atoms with Crippen LogP contribution in [-0.2, 0) is 35.4 Å². The number of quaternary nitrogens is 1. The second kappa shape index (κ2) is 12.7. The Kier molecular flexibility index (Phi) is 9.00. The van der Waals surface area contributed by atoms with Crippen LogP contribution in [0.15, 0.2) is 52.8 Å². The number of β-lactam (4-membered cyclic amide) rings is 1. The van der Waals surface area contributed by atoms with Gasteiger partial charge in [0.2, 0.25) is 11.5 Å². The quantitative estimate of drug-likeness (QED) is 0.127. The standard InChI is InChI=1S/C27H31N7O7S2/c1-34(2)12-11-18(41-34)10-7-16-14-42-25-20(29-23(35)19(31-39-4)22-30-27(28)43-32-22)24(36)33(25)21(16)26(37)40-13-15-5-8-17(38-3)9-6-15/h5-10,18,20,25H,11-14H2,1-4H3,(H2-,28,29,30,32,35)/p+1/b10-7+,31-19-/t18?,20-,25-/m1/s1. The molecule has 14 nitrogen and oxygen atoms in total. The van der Waals surface area contributed by atoms with Crippen molar-refractivity contribution in [3.8, 4) is 5.75 Å². The summed E-state index contributed by atoms with van der Waals surface area (Å²) >= 11 is 2.31. The fraction of sp³-hybridized carbons (Fsp3) is 0.407. The zero-order valence-corrected chi connectivity index (χ0v) is 25.6. The number of carbonyl (C=O) groups excluding carboxylic acids is 3. The number of nitrogens with one attached hydrogen (secondary N) is 1. The summed E-state index contributed by atoms with van der Waals surface area (Å²) in [6.07, 6.45) is 4.42. The van der Waals surface area contributed by atoms with Gasteiger partial charge in [0.05, 0.1) is 21.2 Å². The molecular formula is C27H32N7O7S2+. The van der Waals surface area contributed by atoms with E-state index >= 15 is 0 Å². The predicted molar refractivity (Wildman–Crippen MR) is 158 cm³/mol. The normalized spacial score (nSPS) is 23.2. The fourth-order valence-electron chi connectivity index (χ4n) is 4.78. The number of hydrogen-bond acceptors (Lipinski definition) is 13. The van der Waals surface area contributed by atoms with Crippen molar-refractivity contribution >= 4 is 51.9 Å². The van der Waals surface area contributed by atoms with Crippen LogP contribution in [-0.4, -0.2) is 101 Å². The van der Waals surface area contributed by atoms with Crippen molar-refractivity contribution in [3.05, 3.63) is 59.1 Å². The largest absolute Gasteiger partial charge is 0.497 e. The first kappa shape index (κ1) is 30.5. The molecule has 0 aliphatic carbocycles. The second-order valence-corrected chi connectivity index (χ2v) is 12.2. The number of esters is 1. The molecule has 1 unspecified atom stereocenters. The minimum absolute atomic E-state index is 0.00134. The second-order valence-electron chi connectivity index (χ2n) is 10.3. The molecule has 3 N–H and O–H groups in total. The lowest BCUT2D eigenvalue weighted by molar-refractivity contribution is -1.06. The van der Waals surface area contributed by atoms with E-state index < -0.39 is 29.2 Å². The zero-order chi connectivity index (χ0) is 30.7. The van der Waals surface area contributed by atoms with E-state index in [9.17, 15) is 14.4 Å². The van der Waals surface area contributed by atoms with Gasteiger partial charge in [0.15, 0.2) is 5.13 Å². The molecule has 2 amide bonds. The lowest BCUT2D eigenvalue weighted by Crippen LogP contribution is -2.71. The van der Waals surface area contributed by atoms with Gasteiger partial charge in [-0.1, -0.05) is 23.4 Å². The Morgan fingerprint density at radius 1 is 1.28 bits per heavy atom. The predicted octanol–water partition coefficient (Wildman–Crippen LogP) is 1.21. The number of thioether (sulfide) groups is 1. The van der Waals surface area contributed by atoms with Crippen LogP contribution in [0.3, 0.4) is 0 Å². The van der Waals surface area contributed by atoms with E-state index in [0.29, 0.717) is 21.7 Å². The molecule has 0 radical (unpaired) electrons. The van der Waals surface area contributed by atoms with Gasteiger partial charge < -0.3 is 25.4 Å². The number of ether oxygens (including phenoxy) is 2. The highest BCUT2D eigenvalue weighted by Crippen LogP contribution is 2.41. The summed E-state index contributed by atoms with van der Waals surface area (Å²) in [5.74, 6) is -0.765. The van der Waals surface area contributed by atoms with Crippen molar-refractivity contribution in [3.63, 3.8) is 0 Å². The van der Waals surface area contributed by atoms with Crippen LogP contribution >= 0.6 is 23.3 Å². The number of nitrogen functional groups attached to an aromatic ring is 1. The number of carbonyl (C=O) groups is 3. The number of benzene rings is 1. The number of amides is 2. The zero-order valence-electron chi connectivity index (χ0n) is 24.0. The number of oxime groups is 1. The highest BCUT2D eigenvalue weighted by Gasteiger charge is 2.54. The third kappa shape index (κ3) is 6.66. The van der Waals surface area contributed by atoms with Crippen LogP contribution in [0.1, 0.15) is 17.8 Å². The first-order chi connectivity index (χ1) is 20.6. The number of nitrogens with two attached hydrogens (primary N) is 1. The van der Waals surface area contributed by atoms with Crippen molar-refractivity contribution in [1.29, 1.82) is 0 Å². The van der Waals surface area contributed by atoms with E-state index in [-0.39, 0.29) is 35.1 Å². The third-order valence-corrected chi connectivity index (χ3v) is 8.79. The van der Waals surface area contributed by atoms with E-state index in [4.69, 9.17) is 24.9 Å². The summed E-state index contributed by atoms with van der Waals surface area (Å²) in [6.45, 7) is 0.854. The smallest absolute Gasteiger partial charge is 0.355 e. The van der Waals surface area contributed by atoms with E-state index in [1.165, 1.54) is 23.8 Å². The molecule has 4 heterocycles. The topological polar surface area (TPSA) is 168 Å². The Morgan fingerprint density at radius 3 is 2.67 bits per heavy atom. The van der Waals surface area contributed by atoms with Gasteiger partial charge in [0.25, 0.3) is 11.8 Å². The monoisotopic (exact) mass is 630 g/mol. The van der Waals surface area contributed by atoms with Gasteiger partial charge in [-0.2, -0.15) is 18.8 Å². The highest BCUT2D eigenvalue weighted by atomic mass is 32.2. The minimum Gasteiger partial charge on any atom is -0.497 e. The molecule has 1 aromatic heterocycles. The van der Waals surface area contributed by atoms with Crippen molar-refractivity contribution in [2.75, 3.05) is 46.3 Å². The average Bonchev–Trinajstić information content (AvgIpc) is 3.59. The van der Waals surface area contributed by atoms with Crippen molar-refractivity contribution in [2.24, 2.45) is 5.16 Å². The maximum absolute atomic E-state index is 13.5. The molecule has 3 aliphatic rings. The SMILES string of the molecule is CO/N=C(\C(=O)N[C@@H]1C(=O)N2C(C(=O)OCc3ccc(OC)cc3)=C(/C=C/C3CC[N+](C)(C)O3)CS[C@H]12)c1nsc(N)n1. The van der Waals surface area contributed by atoms with Crippen LogP contribution in [0.25, 0.3) is 0 Å². The molecule has 2 aromatic rings. The van der Waals surface area contributed by atoms with E-state index in [2.05, 4.69) is 19.8 Å². The number of methoxy groups -OCH3 is 1. The minimum atomic E-state index is -0.929. The molecule has 1 aromatic carbocycles. The Hall–Kier alpha value is -3.99. The Bertz CT molecular complexity index is 1490. The Balaban J connectivity index is 1.35. The van der Waals surface area contributed by atoms with Gasteiger partial charge in [-0.25, -0.2) is 4.79 Å². The first-order valence-electron chi connectivity index (χ1n) is 13.3. The number of anilines is 1. The van der Waals surface area contributed by atoms with E-state index in [1.807, 2.05) is 26.2 Å². The molecule has 3 atom stereocenters. The maximum Gasteiger partial charge on any atom is 0.355 e. The summed E-state index contributed by atoms with van der Waals surface area (Å²) in [4.78, 5) is 56.3. The van der Waals surface area contributed by atoms with Crippen molar-refractivity contribution in [1.82, 2.24) is 19.6 Å². The summed E-state index contributed by atoms with van der Waals surface area (Å²) < 4.78 is 15.3. The van der Waals surface area contributed by atoms with Gasteiger partial charge in [0, 0.05) is 23.7 Å². The van der Waals surface area contributed by atoms with Gasteiger partial charge in [0.1, 0.15) is 49.2 Å². The van der Waals surface area contributed by atoms with Crippen LogP contribution in [0.5, 0.6) is 5.75 Å². The van der Waals surface area contributed by atoms with E-state index in [0.717, 1.165) is 30.1 Å². The first-order valence-corrected chi connectivity index (χ1v) is 15.1. The molecule has 16 heteroatoms. The van der Waals surface area contributed by atoms with E-state index in [1.54, 1.807) is 31.4 Å². The number of hydroxylamine groups is 3. The fourth-order valence-corrected chi connectivity index (χ4v) is 6.53. The molecule has 5 rings (SSSR count). The lowest BCUT2D eigenvalue weighted by atomic mass is 10.0. The Morgan fingerprint density at radius 2 is 2.05 bits per heavy atom. The number of allylic oxidation sites excluding steroid dienone is 1. The number of hydrogen-bond donors (Lipinski definition) is 2. The Labute approximate surface area is 256 Å². The lowest BCUT2D eigenvalue weighted by Gasteiger charge is -2.49. The van der Waals surface area contributed by atoms with Crippen LogP contribution in [0.2, 0.25) is 0 Å². The molecule has 2 fully saturated rings. The molecule has 43 heavy (non-hydrogen) atoms. The number of fused-ring (bicyclic) bond motifs is 1. The maximum atomic E-state index is 13.5. The van der Waals surface area contributed by atoms with Gasteiger partial charge in [-0.05, 0) is 29.3 Å². The van der Waals surface area contributed by atoms with Crippen LogP contribution in [0, 0.1) is 0 Å².